The average Bonchev–Trinajstić information content (AvgIpc) is 3.49. The first-order valence-corrected chi connectivity index (χ1v) is 11.1. The molecule has 2 aromatic heterocycles. The number of benzene rings is 2. The number of methoxy groups -OCH3 is 1. The third-order valence-corrected chi connectivity index (χ3v) is 5.79. The number of hydrogen-bond acceptors (Lipinski definition) is 6. The van der Waals surface area contributed by atoms with E-state index in [0.29, 0.717) is 11.5 Å². The van der Waals surface area contributed by atoms with Gasteiger partial charge in [0, 0.05) is 18.7 Å². The quantitative estimate of drug-likeness (QED) is 0.364. The van der Waals surface area contributed by atoms with E-state index in [4.69, 9.17) is 13.9 Å². The van der Waals surface area contributed by atoms with Crippen molar-refractivity contribution in [3.8, 4) is 5.75 Å². The molecule has 1 N–H and O–H groups in total. The highest BCUT2D eigenvalue weighted by atomic mass is 16.5. The van der Waals surface area contributed by atoms with Crippen molar-refractivity contribution < 1.29 is 23.5 Å². The second-order valence-electron chi connectivity index (χ2n) is 8.58. The molecule has 180 valence electrons. The van der Waals surface area contributed by atoms with E-state index in [1.807, 2.05) is 30.3 Å². The van der Waals surface area contributed by atoms with Gasteiger partial charge in [-0.25, -0.2) is 4.79 Å². The molecule has 0 atom stereocenters. The molecular formula is C27H27N3O5. The number of carbonyl (C=O) groups is 2. The van der Waals surface area contributed by atoms with E-state index in [0.717, 1.165) is 0 Å². The number of ether oxygens (including phenoxy) is 2. The Morgan fingerprint density at radius 2 is 1.69 bits per heavy atom. The summed E-state index contributed by atoms with van der Waals surface area (Å²) in [5.41, 5.74) is 2.52. The number of amides is 1. The fourth-order valence-electron chi connectivity index (χ4n) is 3.73. The first-order chi connectivity index (χ1) is 16.8. The van der Waals surface area contributed by atoms with Crippen LogP contribution >= 0.6 is 0 Å². The first kappa shape index (κ1) is 23.8. The van der Waals surface area contributed by atoms with Crippen LogP contribution in [-0.4, -0.2) is 28.8 Å². The van der Waals surface area contributed by atoms with Gasteiger partial charge in [0.1, 0.15) is 18.1 Å². The molecule has 0 aliphatic heterocycles. The Bertz CT molecular complexity index is 1320. The molecule has 4 rings (SSSR count). The van der Waals surface area contributed by atoms with Crippen LogP contribution in [0, 0.1) is 0 Å². The number of carbonyl (C=O) groups excluding carboxylic acids is 2. The lowest BCUT2D eigenvalue weighted by Gasteiger charge is -2.26. The van der Waals surface area contributed by atoms with Gasteiger partial charge in [0.25, 0.3) is 5.91 Å². The Morgan fingerprint density at radius 1 is 1.00 bits per heavy atom. The molecule has 0 aliphatic rings. The minimum atomic E-state index is -0.646. The number of anilines is 1. The van der Waals surface area contributed by atoms with Crippen molar-refractivity contribution in [1.29, 1.82) is 0 Å². The number of esters is 1. The maximum Gasteiger partial charge on any atom is 0.360 e. The maximum atomic E-state index is 12.6. The number of hydrogen-bond donors (Lipinski definition) is 1. The van der Waals surface area contributed by atoms with E-state index >= 15 is 0 Å². The molecule has 2 heterocycles. The van der Waals surface area contributed by atoms with Gasteiger partial charge in [-0.3, -0.25) is 9.48 Å². The third kappa shape index (κ3) is 5.27. The van der Waals surface area contributed by atoms with Gasteiger partial charge in [-0.15, -0.1) is 0 Å². The SMILES string of the molecule is COC(=O)c1nn(C)cc1NC(=O)c1ccc(COc2ccc(C(C)(C)c3ccccc3)cc2)o1. The summed E-state index contributed by atoms with van der Waals surface area (Å²) in [7, 11) is 2.89. The topological polar surface area (TPSA) is 95.6 Å². The van der Waals surface area contributed by atoms with Crippen LogP contribution in [0.15, 0.2) is 77.3 Å². The Balaban J connectivity index is 1.38. The minimum absolute atomic E-state index is 0.0114. The van der Waals surface area contributed by atoms with Crippen LogP contribution in [-0.2, 0) is 23.8 Å². The monoisotopic (exact) mass is 473 g/mol. The zero-order chi connectivity index (χ0) is 25.0. The fourth-order valence-corrected chi connectivity index (χ4v) is 3.73. The van der Waals surface area contributed by atoms with Crippen molar-refractivity contribution in [3.05, 3.63) is 101 Å². The Kier molecular flexibility index (Phi) is 6.73. The minimum Gasteiger partial charge on any atom is -0.486 e. The van der Waals surface area contributed by atoms with E-state index in [-0.39, 0.29) is 29.2 Å². The largest absolute Gasteiger partial charge is 0.486 e. The summed E-state index contributed by atoms with van der Waals surface area (Å²) in [6, 6.07) is 21.5. The van der Waals surface area contributed by atoms with Crippen LogP contribution in [0.1, 0.15) is 51.8 Å². The highest BCUT2D eigenvalue weighted by Gasteiger charge is 2.23. The molecule has 0 spiro atoms. The molecule has 0 saturated carbocycles. The number of nitrogens with zero attached hydrogens (tertiary/aromatic N) is 2. The summed E-state index contributed by atoms with van der Waals surface area (Å²) >= 11 is 0. The standard InChI is InChI=1S/C27H27N3O5/c1-27(2,18-8-6-5-7-9-18)19-10-12-20(13-11-19)34-17-21-14-15-23(35-21)25(31)28-22-16-30(3)29-24(22)26(32)33-4/h5-16H,17H2,1-4H3,(H,28,31). The molecular weight excluding hydrogens is 446 g/mol. The lowest BCUT2D eigenvalue weighted by atomic mass is 9.78. The maximum absolute atomic E-state index is 12.6. The van der Waals surface area contributed by atoms with Crippen molar-refractivity contribution in [2.45, 2.75) is 25.9 Å². The van der Waals surface area contributed by atoms with Crippen molar-refractivity contribution in [3.63, 3.8) is 0 Å². The second kappa shape index (κ2) is 9.89. The van der Waals surface area contributed by atoms with Gasteiger partial charge in [-0.2, -0.15) is 5.10 Å². The number of rotatable bonds is 8. The van der Waals surface area contributed by atoms with E-state index in [2.05, 4.69) is 48.5 Å². The van der Waals surface area contributed by atoms with E-state index < -0.39 is 11.9 Å². The molecule has 1 amide bonds. The van der Waals surface area contributed by atoms with Gasteiger partial charge in [-0.05, 0) is 35.4 Å². The molecule has 8 nitrogen and oxygen atoms in total. The van der Waals surface area contributed by atoms with Crippen molar-refractivity contribution in [1.82, 2.24) is 9.78 Å². The summed E-state index contributed by atoms with van der Waals surface area (Å²) in [5, 5.41) is 6.64. The van der Waals surface area contributed by atoms with E-state index in [9.17, 15) is 9.59 Å². The summed E-state index contributed by atoms with van der Waals surface area (Å²) < 4.78 is 17.6. The molecule has 0 unspecified atom stereocenters. The lowest BCUT2D eigenvalue weighted by molar-refractivity contribution is 0.0594. The zero-order valence-electron chi connectivity index (χ0n) is 20.1. The number of furan rings is 1. The molecule has 0 fully saturated rings. The molecule has 35 heavy (non-hydrogen) atoms. The predicted molar refractivity (Wildman–Crippen MR) is 131 cm³/mol. The Labute approximate surface area is 203 Å². The van der Waals surface area contributed by atoms with Gasteiger partial charge >= 0.3 is 5.97 Å². The van der Waals surface area contributed by atoms with Gasteiger partial charge in [0.2, 0.25) is 0 Å². The smallest absolute Gasteiger partial charge is 0.360 e. The van der Waals surface area contributed by atoms with Crippen LogP contribution in [0.5, 0.6) is 5.75 Å². The molecule has 0 saturated heterocycles. The number of nitrogens with one attached hydrogen (secondary N) is 1. The molecule has 8 heteroatoms. The zero-order valence-corrected chi connectivity index (χ0v) is 20.1. The number of aromatic nitrogens is 2. The van der Waals surface area contributed by atoms with Gasteiger partial charge in [-0.1, -0.05) is 56.3 Å². The molecule has 0 radical (unpaired) electrons. The summed E-state index contributed by atoms with van der Waals surface area (Å²) in [4.78, 5) is 24.4. The summed E-state index contributed by atoms with van der Waals surface area (Å²) in [6.07, 6.45) is 1.51. The molecule has 0 aliphatic carbocycles. The Morgan fingerprint density at radius 3 is 2.37 bits per heavy atom. The van der Waals surface area contributed by atoms with Crippen LogP contribution in [0.25, 0.3) is 0 Å². The Hall–Kier alpha value is -4.33. The van der Waals surface area contributed by atoms with Gasteiger partial charge in [0.05, 0.1) is 12.8 Å². The van der Waals surface area contributed by atoms with Gasteiger partial charge < -0.3 is 19.2 Å². The van der Waals surface area contributed by atoms with E-state index in [1.54, 1.807) is 19.2 Å². The van der Waals surface area contributed by atoms with Crippen molar-refractivity contribution in [2.75, 3.05) is 12.4 Å². The molecule has 2 aromatic carbocycles. The van der Waals surface area contributed by atoms with Crippen molar-refractivity contribution >= 4 is 17.6 Å². The average molecular weight is 474 g/mol. The van der Waals surface area contributed by atoms with Gasteiger partial charge in [0.15, 0.2) is 11.5 Å². The van der Waals surface area contributed by atoms with Crippen LogP contribution in [0.2, 0.25) is 0 Å². The summed E-state index contributed by atoms with van der Waals surface area (Å²) in [5.74, 6) is 0.110. The van der Waals surface area contributed by atoms with Crippen LogP contribution in [0.3, 0.4) is 0 Å². The van der Waals surface area contributed by atoms with Crippen LogP contribution in [0.4, 0.5) is 5.69 Å². The van der Waals surface area contributed by atoms with Crippen LogP contribution < -0.4 is 10.1 Å². The normalized spacial score (nSPS) is 11.2. The molecule has 0 bridgehead atoms. The fraction of sp³-hybridized carbons (Fsp3) is 0.222. The lowest BCUT2D eigenvalue weighted by Crippen LogP contribution is -2.18. The third-order valence-electron chi connectivity index (χ3n) is 5.79. The predicted octanol–water partition coefficient (Wildman–Crippen LogP) is 4.96. The van der Waals surface area contributed by atoms with E-state index in [1.165, 1.54) is 29.1 Å². The summed E-state index contributed by atoms with van der Waals surface area (Å²) in [6.45, 7) is 4.54. The highest BCUT2D eigenvalue weighted by molar-refractivity contribution is 6.05. The number of aryl methyl sites for hydroxylation is 1. The second-order valence-corrected chi connectivity index (χ2v) is 8.58. The first-order valence-electron chi connectivity index (χ1n) is 11.1. The van der Waals surface area contributed by atoms with Crippen molar-refractivity contribution in [2.24, 2.45) is 7.05 Å². The molecule has 4 aromatic rings. The highest BCUT2D eigenvalue weighted by Crippen LogP contribution is 2.32.